The van der Waals surface area contributed by atoms with Gasteiger partial charge < -0.3 is 10.1 Å². The summed E-state index contributed by atoms with van der Waals surface area (Å²) in [5.74, 6) is -0.729. The maximum atomic E-state index is 12.0. The van der Waals surface area contributed by atoms with E-state index in [0.717, 1.165) is 22.5 Å². The standard InChI is InChI=1S/C17H21N3O3/c1-11-6-4-5-7-14(11)17(22)18-10-16(21)23-9-8-15-12(2)19-20-13(15)3/h4-7H,8-10H2,1-3H3,(H,18,22)(H,19,20). The highest BCUT2D eigenvalue weighted by atomic mass is 16.5. The van der Waals surface area contributed by atoms with E-state index in [1.165, 1.54) is 0 Å². The summed E-state index contributed by atoms with van der Waals surface area (Å²) < 4.78 is 5.15. The Bertz CT molecular complexity index is 687. The number of carbonyl (C=O) groups is 2. The first-order valence-electron chi connectivity index (χ1n) is 7.49. The average Bonchev–Trinajstić information content (AvgIpc) is 2.85. The Morgan fingerprint density at radius 3 is 2.61 bits per heavy atom. The number of amides is 1. The van der Waals surface area contributed by atoms with Gasteiger partial charge in [0.15, 0.2) is 0 Å². The van der Waals surface area contributed by atoms with Gasteiger partial charge in [0.2, 0.25) is 0 Å². The molecule has 1 aromatic heterocycles. The van der Waals surface area contributed by atoms with Crippen molar-refractivity contribution >= 4 is 11.9 Å². The zero-order valence-electron chi connectivity index (χ0n) is 13.6. The minimum atomic E-state index is -0.453. The number of H-pyrrole nitrogens is 1. The second-order valence-electron chi connectivity index (χ2n) is 5.38. The second-order valence-corrected chi connectivity index (χ2v) is 5.38. The predicted octanol–water partition coefficient (Wildman–Crippen LogP) is 1.85. The summed E-state index contributed by atoms with van der Waals surface area (Å²) in [4.78, 5) is 23.7. The number of nitrogens with one attached hydrogen (secondary N) is 2. The van der Waals surface area contributed by atoms with Gasteiger partial charge in [-0.1, -0.05) is 18.2 Å². The SMILES string of the molecule is Cc1ccccc1C(=O)NCC(=O)OCCc1c(C)n[nH]c1C. The average molecular weight is 315 g/mol. The van der Waals surface area contributed by atoms with E-state index in [0.29, 0.717) is 12.0 Å². The lowest BCUT2D eigenvalue weighted by molar-refractivity contribution is -0.142. The Morgan fingerprint density at radius 2 is 1.96 bits per heavy atom. The number of benzene rings is 1. The molecule has 0 bridgehead atoms. The third kappa shape index (κ3) is 4.42. The quantitative estimate of drug-likeness (QED) is 0.797. The molecule has 0 aliphatic rings. The Hall–Kier alpha value is -2.63. The van der Waals surface area contributed by atoms with Crippen LogP contribution in [0.4, 0.5) is 0 Å². The number of hydrogen-bond acceptors (Lipinski definition) is 4. The Labute approximate surface area is 135 Å². The van der Waals surface area contributed by atoms with E-state index in [4.69, 9.17) is 4.74 Å². The molecule has 0 aliphatic carbocycles. The molecule has 2 rings (SSSR count). The van der Waals surface area contributed by atoms with Gasteiger partial charge in [0.05, 0.1) is 12.3 Å². The van der Waals surface area contributed by atoms with Crippen LogP contribution < -0.4 is 5.32 Å². The van der Waals surface area contributed by atoms with Gasteiger partial charge in [-0.05, 0) is 38.0 Å². The van der Waals surface area contributed by atoms with E-state index < -0.39 is 5.97 Å². The second kappa shape index (κ2) is 7.58. The third-order valence-electron chi connectivity index (χ3n) is 3.68. The molecular weight excluding hydrogens is 294 g/mol. The maximum Gasteiger partial charge on any atom is 0.325 e. The monoisotopic (exact) mass is 315 g/mol. The van der Waals surface area contributed by atoms with E-state index >= 15 is 0 Å². The number of aryl methyl sites for hydroxylation is 3. The smallest absolute Gasteiger partial charge is 0.325 e. The van der Waals surface area contributed by atoms with Crippen molar-refractivity contribution in [3.05, 3.63) is 52.3 Å². The summed E-state index contributed by atoms with van der Waals surface area (Å²) in [7, 11) is 0. The van der Waals surface area contributed by atoms with Crippen molar-refractivity contribution in [3.63, 3.8) is 0 Å². The van der Waals surface area contributed by atoms with Crippen LogP contribution in [0.1, 0.15) is 32.9 Å². The van der Waals surface area contributed by atoms with Crippen molar-refractivity contribution < 1.29 is 14.3 Å². The fourth-order valence-corrected chi connectivity index (χ4v) is 2.34. The highest BCUT2D eigenvalue weighted by Gasteiger charge is 2.11. The number of rotatable bonds is 6. The van der Waals surface area contributed by atoms with Gasteiger partial charge in [-0.2, -0.15) is 5.10 Å². The molecule has 122 valence electrons. The molecule has 0 saturated heterocycles. The van der Waals surface area contributed by atoms with Gasteiger partial charge in [0.25, 0.3) is 5.91 Å². The van der Waals surface area contributed by atoms with Crippen molar-refractivity contribution in [3.8, 4) is 0 Å². The molecule has 0 aliphatic heterocycles. The van der Waals surface area contributed by atoms with Crippen LogP contribution in [-0.2, 0) is 16.0 Å². The number of hydrogen-bond donors (Lipinski definition) is 2. The summed E-state index contributed by atoms with van der Waals surface area (Å²) in [5, 5.41) is 9.56. The molecule has 2 aromatic rings. The van der Waals surface area contributed by atoms with E-state index in [2.05, 4.69) is 15.5 Å². The van der Waals surface area contributed by atoms with Crippen molar-refractivity contribution in [2.45, 2.75) is 27.2 Å². The van der Waals surface area contributed by atoms with Crippen LogP contribution in [0.25, 0.3) is 0 Å². The predicted molar refractivity (Wildman–Crippen MR) is 86.2 cm³/mol. The molecule has 6 nitrogen and oxygen atoms in total. The highest BCUT2D eigenvalue weighted by Crippen LogP contribution is 2.10. The third-order valence-corrected chi connectivity index (χ3v) is 3.68. The molecule has 1 heterocycles. The van der Waals surface area contributed by atoms with E-state index in [1.54, 1.807) is 12.1 Å². The number of aromatic nitrogens is 2. The van der Waals surface area contributed by atoms with Crippen molar-refractivity contribution in [2.75, 3.05) is 13.2 Å². The summed E-state index contributed by atoms with van der Waals surface area (Å²) in [6.45, 7) is 5.81. The highest BCUT2D eigenvalue weighted by molar-refractivity contribution is 5.97. The number of nitrogens with zero attached hydrogens (tertiary/aromatic N) is 1. The molecular formula is C17H21N3O3. The molecule has 0 unspecified atom stereocenters. The first-order valence-corrected chi connectivity index (χ1v) is 7.49. The Balaban J connectivity index is 1.75. The van der Waals surface area contributed by atoms with Gasteiger partial charge in [0.1, 0.15) is 6.54 Å². The Kier molecular flexibility index (Phi) is 5.51. The lowest BCUT2D eigenvalue weighted by Crippen LogP contribution is -2.31. The molecule has 0 radical (unpaired) electrons. The van der Waals surface area contributed by atoms with Crippen LogP contribution in [0.3, 0.4) is 0 Å². The fourth-order valence-electron chi connectivity index (χ4n) is 2.34. The molecule has 1 aromatic carbocycles. The molecule has 6 heteroatoms. The molecule has 0 saturated carbocycles. The number of aromatic amines is 1. The van der Waals surface area contributed by atoms with Crippen LogP contribution in [0.15, 0.2) is 24.3 Å². The number of esters is 1. The summed E-state index contributed by atoms with van der Waals surface area (Å²) in [5.41, 5.74) is 4.37. The lowest BCUT2D eigenvalue weighted by atomic mass is 10.1. The summed E-state index contributed by atoms with van der Waals surface area (Å²) >= 11 is 0. The first-order chi connectivity index (χ1) is 11.0. The van der Waals surface area contributed by atoms with Crippen molar-refractivity contribution in [2.24, 2.45) is 0 Å². The van der Waals surface area contributed by atoms with Gasteiger partial charge >= 0.3 is 5.97 Å². The molecule has 0 fully saturated rings. The number of ether oxygens (including phenoxy) is 1. The molecule has 1 amide bonds. The summed E-state index contributed by atoms with van der Waals surface area (Å²) in [6, 6.07) is 7.22. The van der Waals surface area contributed by atoms with Crippen LogP contribution in [-0.4, -0.2) is 35.2 Å². The van der Waals surface area contributed by atoms with E-state index in [9.17, 15) is 9.59 Å². The maximum absolute atomic E-state index is 12.0. The zero-order chi connectivity index (χ0) is 16.8. The minimum Gasteiger partial charge on any atom is -0.464 e. The van der Waals surface area contributed by atoms with E-state index in [-0.39, 0.29) is 19.1 Å². The molecule has 0 atom stereocenters. The lowest BCUT2D eigenvalue weighted by Gasteiger charge is -2.08. The largest absolute Gasteiger partial charge is 0.464 e. The van der Waals surface area contributed by atoms with Crippen LogP contribution >= 0.6 is 0 Å². The van der Waals surface area contributed by atoms with Gasteiger partial charge in [-0.15, -0.1) is 0 Å². The van der Waals surface area contributed by atoms with Crippen molar-refractivity contribution in [1.82, 2.24) is 15.5 Å². The zero-order valence-corrected chi connectivity index (χ0v) is 13.6. The normalized spacial score (nSPS) is 10.4. The number of carbonyl (C=O) groups excluding carboxylic acids is 2. The minimum absolute atomic E-state index is 0.142. The first kappa shape index (κ1) is 16.7. The van der Waals surface area contributed by atoms with Crippen molar-refractivity contribution in [1.29, 1.82) is 0 Å². The topological polar surface area (TPSA) is 84.1 Å². The fraction of sp³-hybridized carbons (Fsp3) is 0.353. The summed E-state index contributed by atoms with van der Waals surface area (Å²) in [6.07, 6.45) is 0.603. The molecule has 2 N–H and O–H groups in total. The Morgan fingerprint density at radius 1 is 1.22 bits per heavy atom. The van der Waals surface area contributed by atoms with Crippen LogP contribution in [0.2, 0.25) is 0 Å². The van der Waals surface area contributed by atoms with Crippen LogP contribution in [0, 0.1) is 20.8 Å². The van der Waals surface area contributed by atoms with Gasteiger partial charge in [-0.25, -0.2) is 0 Å². The van der Waals surface area contributed by atoms with Gasteiger partial charge in [-0.3, -0.25) is 14.7 Å². The van der Waals surface area contributed by atoms with Crippen LogP contribution in [0.5, 0.6) is 0 Å². The molecule has 0 spiro atoms. The molecule has 23 heavy (non-hydrogen) atoms. The van der Waals surface area contributed by atoms with E-state index in [1.807, 2.05) is 32.9 Å². The van der Waals surface area contributed by atoms with Gasteiger partial charge in [0, 0.05) is 17.7 Å².